The van der Waals surface area contributed by atoms with Crippen molar-refractivity contribution in [1.82, 2.24) is 4.90 Å². The molecule has 1 aromatic rings. The second kappa shape index (κ2) is 6.10. The van der Waals surface area contributed by atoms with Gasteiger partial charge in [-0.05, 0) is 18.4 Å². The van der Waals surface area contributed by atoms with Gasteiger partial charge in [-0.1, -0.05) is 30.3 Å². The summed E-state index contributed by atoms with van der Waals surface area (Å²) in [6, 6.07) is 8.79. The van der Waals surface area contributed by atoms with Crippen LogP contribution in [0.4, 0.5) is 8.78 Å². The van der Waals surface area contributed by atoms with Crippen molar-refractivity contribution in [3.8, 4) is 0 Å². The molecule has 3 nitrogen and oxygen atoms in total. The first-order chi connectivity index (χ1) is 9.08. The summed E-state index contributed by atoms with van der Waals surface area (Å²) in [6.45, 7) is -0.481. The fraction of sp³-hybridized carbons (Fsp3) is 0.500. The number of benzene rings is 1. The lowest BCUT2D eigenvalue weighted by Crippen LogP contribution is -2.38. The van der Waals surface area contributed by atoms with E-state index in [9.17, 15) is 13.6 Å². The van der Waals surface area contributed by atoms with Crippen LogP contribution in [0, 0.1) is 0 Å². The normalized spacial score (nSPS) is 16.4. The summed E-state index contributed by atoms with van der Waals surface area (Å²) in [4.78, 5) is 13.3. The lowest BCUT2D eigenvalue weighted by Gasteiger charge is -2.23. The van der Waals surface area contributed by atoms with Gasteiger partial charge in [0.25, 0.3) is 6.43 Å². The number of amides is 1. The molecule has 2 rings (SSSR count). The average Bonchev–Trinajstić information content (AvgIpc) is 3.21. The van der Waals surface area contributed by atoms with Crippen LogP contribution in [0.5, 0.6) is 0 Å². The molecule has 2 N–H and O–H groups in total. The highest BCUT2D eigenvalue weighted by Gasteiger charge is 2.34. The van der Waals surface area contributed by atoms with Gasteiger partial charge in [-0.3, -0.25) is 4.79 Å². The third kappa shape index (κ3) is 3.99. The Labute approximate surface area is 111 Å². The Morgan fingerprint density at radius 2 is 1.95 bits per heavy atom. The summed E-state index contributed by atoms with van der Waals surface area (Å²) < 4.78 is 24.9. The summed E-state index contributed by atoms with van der Waals surface area (Å²) in [5.74, 6) is -0.279. The summed E-state index contributed by atoms with van der Waals surface area (Å²) >= 11 is 0. The van der Waals surface area contributed by atoms with Crippen LogP contribution >= 0.6 is 0 Å². The molecule has 1 aliphatic rings. The second-order valence-electron chi connectivity index (χ2n) is 4.89. The predicted molar refractivity (Wildman–Crippen MR) is 68.7 cm³/mol. The van der Waals surface area contributed by atoms with E-state index >= 15 is 0 Å². The zero-order valence-electron chi connectivity index (χ0n) is 10.6. The van der Waals surface area contributed by atoms with Crippen molar-refractivity contribution in [2.75, 3.05) is 6.54 Å². The van der Waals surface area contributed by atoms with Crippen molar-refractivity contribution < 1.29 is 13.6 Å². The Morgan fingerprint density at radius 1 is 1.32 bits per heavy atom. The first-order valence-electron chi connectivity index (χ1n) is 6.46. The van der Waals surface area contributed by atoms with Crippen LogP contribution in [-0.4, -0.2) is 29.8 Å². The molecule has 1 atom stereocenters. The summed E-state index contributed by atoms with van der Waals surface area (Å²) in [5, 5.41) is 0. The topological polar surface area (TPSA) is 46.3 Å². The molecule has 1 unspecified atom stereocenters. The number of alkyl halides is 2. The lowest BCUT2D eigenvalue weighted by atomic mass is 10.0. The molecule has 0 heterocycles. The minimum Gasteiger partial charge on any atom is -0.334 e. The SMILES string of the molecule is NC(CC(=O)N(CC(F)F)C1CC1)c1ccccc1. The molecule has 5 heteroatoms. The Balaban J connectivity index is 1.95. The third-order valence-electron chi connectivity index (χ3n) is 3.26. The van der Waals surface area contributed by atoms with Gasteiger partial charge < -0.3 is 10.6 Å². The van der Waals surface area contributed by atoms with Crippen molar-refractivity contribution in [3.05, 3.63) is 35.9 Å². The first kappa shape index (κ1) is 13.9. The minimum atomic E-state index is -2.49. The van der Waals surface area contributed by atoms with Crippen molar-refractivity contribution in [3.63, 3.8) is 0 Å². The standard InChI is InChI=1S/C14H18F2N2O/c15-13(16)9-18(11-6-7-11)14(19)8-12(17)10-4-2-1-3-5-10/h1-5,11-13H,6-9,17H2. The average molecular weight is 268 g/mol. The Hall–Kier alpha value is -1.49. The highest BCUT2D eigenvalue weighted by Crippen LogP contribution is 2.29. The van der Waals surface area contributed by atoms with Gasteiger partial charge in [0.1, 0.15) is 0 Å². The maximum atomic E-state index is 12.5. The summed E-state index contributed by atoms with van der Waals surface area (Å²) in [7, 11) is 0. The first-order valence-corrected chi connectivity index (χ1v) is 6.46. The maximum Gasteiger partial charge on any atom is 0.255 e. The van der Waals surface area contributed by atoms with E-state index in [4.69, 9.17) is 5.73 Å². The number of carbonyl (C=O) groups excluding carboxylic acids is 1. The Bertz CT molecular complexity index is 421. The molecule has 1 amide bonds. The van der Waals surface area contributed by atoms with Crippen molar-refractivity contribution in [2.24, 2.45) is 5.73 Å². The molecule has 1 fully saturated rings. The van der Waals surface area contributed by atoms with E-state index < -0.39 is 19.0 Å². The van der Waals surface area contributed by atoms with Gasteiger partial charge in [-0.2, -0.15) is 0 Å². The number of carbonyl (C=O) groups is 1. The van der Waals surface area contributed by atoms with Gasteiger partial charge in [0.05, 0.1) is 6.54 Å². The minimum absolute atomic E-state index is 0.00975. The van der Waals surface area contributed by atoms with E-state index in [1.54, 1.807) is 0 Å². The van der Waals surface area contributed by atoms with E-state index in [0.717, 1.165) is 18.4 Å². The molecule has 0 saturated heterocycles. The van der Waals surface area contributed by atoms with Crippen LogP contribution in [0.2, 0.25) is 0 Å². The molecule has 0 radical (unpaired) electrons. The molecule has 0 aromatic heterocycles. The van der Waals surface area contributed by atoms with E-state index in [-0.39, 0.29) is 18.4 Å². The van der Waals surface area contributed by atoms with Crippen LogP contribution in [-0.2, 0) is 4.79 Å². The molecule has 1 aromatic carbocycles. The monoisotopic (exact) mass is 268 g/mol. The number of nitrogens with zero attached hydrogens (tertiary/aromatic N) is 1. The summed E-state index contributed by atoms with van der Waals surface area (Å²) in [5.41, 5.74) is 6.80. The Morgan fingerprint density at radius 3 is 2.47 bits per heavy atom. The van der Waals surface area contributed by atoms with Crippen molar-refractivity contribution >= 4 is 5.91 Å². The van der Waals surface area contributed by atoms with E-state index in [1.807, 2.05) is 30.3 Å². The largest absolute Gasteiger partial charge is 0.334 e. The second-order valence-corrected chi connectivity index (χ2v) is 4.89. The van der Waals surface area contributed by atoms with Gasteiger partial charge >= 0.3 is 0 Å². The molecular weight excluding hydrogens is 250 g/mol. The number of halogens is 2. The maximum absolute atomic E-state index is 12.5. The number of hydrogen-bond donors (Lipinski definition) is 1. The smallest absolute Gasteiger partial charge is 0.255 e. The van der Waals surface area contributed by atoms with Crippen LogP contribution < -0.4 is 5.73 Å². The molecule has 0 spiro atoms. The van der Waals surface area contributed by atoms with Crippen LogP contribution in [0.1, 0.15) is 30.9 Å². The van der Waals surface area contributed by atoms with Gasteiger partial charge in [-0.25, -0.2) is 8.78 Å². The zero-order valence-corrected chi connectivity index (χ0v) is 10.6. The highest BCUT2D eigenvalue weighted by molar-refractivity contribution is 5.77. The molecule has 0 bridgehead atoms. The van der Waals surface area contributed by atoms with Gasteiger partial charge in [-0.15, -0.1) is 0 Å². The van der Waals surface area contributed by atoms with E-state index in [0.29, 0.717) is 0 Å². The fourth-order valence-electron chi connectivity index (χ4n) is 2.11. The number of rotatable bonds is 6. The van der Waals surface area contributed by atoms with E-state index in [1.165, 1.54) is 4.90 Å². The van der Waals surface area contributed by atoms with Gasteiger partial charge in [0.2, 0.25) is 5.91 Å². The molecule has 19 heavy (non-hydrogen) atoms. The third-order valence-corrected chi connectivity index (χ3v) is 3.26. The van der Waals surface area contributed by atoms with Gasteiger partial charge in [0.15, 0.2) is 0 Å². The number of nitrogens with two attached hydrogens (primary N) is 1. The zero-order chi connectivity index (χ0) is 13.8. The van der Waals surface area contributed by atoms with Gasteiger partial charge in [0, 0.05) is 18.5 Å². The Kier molecular flexibility index (Phi) is 4.47. The predicted octanol–water partition coefficient (Wildman–Crippen LogP) is 2.33. The van der Waals surface area contributed by atoms with Crippen molar-refractivity contribution in [2.45, 2.75) is 37.8 Å². The quantitative estimate of drug-likeness (QED) is 0.860. The van der Waals surface area contributed by atoms with Crippen LogP contribution in [0.25, 0.3) is 0 Å². The fourth-order valence-corrected chi connectivity index (χ4v) is 2.11. The summed E-state index contributed by atoms with van der Waals surface area (Å²) in [6.07, 6.45) is -0.775. The molecule has 1 saturated carbocycles. The van der Waals surface area contributed by atoms with Crippen molar-refractivity contribution in [1.29, 1.82) is 0 Å². The number of hydrogen-bond acceptors (Lipinski definition) is 2. The molecule has 1 aliphatic carbocycles. The van der Waals surface area contributed by atoms with Crippen LogP contribution in [0.3, 0.4) is 0 Å². The highest BCUT2D eigenvalue weighted by atomic mass is 19.3. The molecule has 104 valence electrons. The van der Waals surface area contributed by atoms with Crippen LogP contribution in [0.15, 0.2) is 30.3 Å². The molecular formula is C14H18F2N2O. The van der Waals surface area contributed by atoms with E-state index in [2.05, 4.69) is 0 Å². The lowest BCUT2D eigenvalue weighted by molar-refractivity contribution is -0.134. The molecule has 0 aliphatic heterocycles.